The Morgan fingerprint density at radius 2 is 1.87 bits per heavy atom. The lowest BCUT2D eigenvalue weighted by atomic mass is 9.73. The van der Waals surface area contributed by atoms with Gasteiger partial charge in [-0.1, -0.05) is 13.8 Å². The van der Waals surface area contributed by atoms with Gasteiger partial charge in [-0.3, -0.25) is 4.79 Å². The van der Waals surface area contributed by atoms with Crippen molar-refractivity contribution in [1.29, 1.82) is 0 Å². The van der Waals surface area contributed by atoms with E-state index in [1.165, 1.54) is 5.56 Å². The predicted molar refractivity (Wildman–Crippen MR) is 62.6 cm³/mol. The fourth-order valence-electron chi connectivity index (χ4n) is 2.09. The summed E-state index contributed by atoms with van der Waals surface area (Å²) in [4.78, 5) is 10.8. The van der Waals surface area contributed by atoms with Crippen LogP contribution in [0, 0.1) is 0 Å². The molecule has 1 aromatic rings. The number of anilines is 1. The molecule has 15 heavy (non-hydrogen) atoms. The van der Waals surface area contributed by atoms with Crippen molar-refractivity contribution < 1.29 is 4.79 Å². The SMILES string of the molecule is CC1(C)Nc2ccc(C=O)cc2C1(C)C. The Balaban J connectivity index is 2.61. The first-order valence-electron chi connectivity index (χ1n) is 5.26. The third-order valence-electron chi connectivity index (χ3n) is 3.86. The fourth-order valence-corrected chi connectivity index (χ4v) is 2.09. The molecule has 0 atom stereocenters. The third-order valence-corrected chi connectivity index (χ3v) is 3.86. The number of benzene rings is 1. The molecule has 80 valence electrons. The summed E-state index contributed by atoms with van der Waals surface area (Å²) in [6.07, 6.45) is 0.904. The molecule has 1 aliphatic rings. The van der Waals surface area contributed by atoms with Crippen LogP contribution in [0.25, 0.3) is 0 Å². The molecule has 2 nitrogen and oxygen atoms in total. The van der Waals surface area contributed by atoms with Crippen LogP contribution in [0.2, 0.25) is 0 Å². The van der Waals surface area contributed by atoms with Gasteiger partial charge in [0.05, 0.1) is 0 Å². The highest BCUT2D eigenvalue weighted by Crippen LogP contribution is 2.46. The molecule has 0 aromatic heterocycles. The quantitative estimate of drug-likeness (QED) is 0.711. The number of fused-ring (bicyclic) bond motifs is 1. The van der Waals surface area contributed by atoms with Gasteiger partial charge in [0, 0.05) is 22.2 Å². The summed E-state index contributed by atoms with van der Waals surface area (Å²) < 4.78 is 0. The second kappa shape index (κ2) is 2.84. The first-order chi connectivity index (χ1) is 6.88. The molecule has 0 bridgehead atoms. The van der Waals surface area contributed by atoms with Gasteiger partial charge < -0.3 is 5.32 Å². The molecule has 0 unspecified atom stereocenters. The third kappa shape index (κ3) is 1.28. The van der Waals surface area contributed by atoms with E-state index in [0.29, 0.717) is 0 Å². The number of carbonyl (C=O) groups is 1. The Kier molecular flexibility index (Phi) is 1.94. The zero-order valence-electron chi connectivity index (χ0n) is 9.72. The number of carbonyl (C=O) groups excluding carboxylic acids is 1. The average molecular weight is 203 g/mol. The zero-order chi connectivity index (χ0) is 11.3. The fraction of sp³-hybridized carbons (Fsp3) is 0.462. The second-order valence-electron chi connectivity index (χ2n) is 5.30. The van der Waals surface area contributed by atoms with Gasteiger partial charge in [-0.2, -0.15) is 0 Å². The van der Waals surface area contributed by atoms with Gasteiger partial charge in [0.1, 0.15) is 6.29 Å². The molecule has 2 heteroatoms. The molecule has 0 saturated heterocycles. The lowest BCUT2D eigenvalue weighted by Gasteiger charge is -2.35. The zero-order valence-corrected chi connectivity index (χ0v) is 9.72. The lowest BCUT2D eigenvalue weighted by Crippen LogP contribution is -2.43. The molecule has 2 rings (SSSR count). The summed E-state index contributed by atoms with van der Waals surface area (Å²) >= 11 is 0. The topological polar surface area (TPSA) is 29.1 Å². The van der Waals surface area contributed by atoms with Gasteiger partial charge >= 0.3 is 0 Å². The summed E-state index contributed by atoms with van der Waals surface area (Å²) in [5, 5.41) is 3.50. The molecule has 0 aliphatic carbocycles. The van der Waals surface area contributed by atoms with Crippen LogP contribution < -0.4 is 5.32 Å². The van der Waals surface area contributed by atoms with Crippen LogP contribution in [-0.2, 0) is 5.41 Å². The highest BCUT2D eigenvalue weighted by molar-refractivity contribution is 5.78. The minimum atomic E-state index is 0.0246. The molecule has 1 N–H and O–H groups in total. The van der Waals surface area contributed by atoms with Gasteiger partial charge in [0.25, 0.3) is 0 Å². The molecule has 0 saturated carbocycles. The molecule has 0 fully saturated rings. The first-order valence-corrected chi connectivity index (χ1v) is 5.26. The van der Waals surface area contributed by atoms with Gasteiger partial charge in [-0.05, 0) is 37.6 Å². The Morgan fingerprint density at radius 3 is 2.47 bits per heavy atom. The molecule has 1 aliphatic heterocycles. The maximum absolute atomic E-state index is 10.8. The summed E-state index contributed by atoms with van der Waals surface area (Å²) in [6, 6.07) is 5.84. The standard InChI is InChI=1S/C13H17NO/c1-12(2)10-7-9(8-15)5-6-11(10)14-13(12,3)4/h5-8,14H,1-4H3. The molecule has 1 heterocycles. The highest BCUT2D eigenvalue weighted by atomic mass is 16.1. The van der Waals surface area contributed by atoms with Crippen LogP contribution in [0.15, 0.2) is 18.2 Å². The Labute approximate surface area is 90.7 Å². The van der Waals surface area contributed by atoms with Crippen LogP contribution in [0.5, 0.6) is 0 Å². The summed E-state index contributed by atoms with van der Waals surface area (Å²) in [7, 11) is 0. The minimum absolute atomic E-state index is 0.0246. The maximum atomic E-state index is 10.8. The Hall–Kier alpha value is -1.31. The number of rotatable bonds is 1. The molecule has 0 amide bonds. The van der Waals surface area contributed by atoms with Gasteiger partial charge in [0.15, 0.2) is 0 Å². The van der Waals surface area contributed by atoms with Crippen molar-refractivity contribution in [2.75, 3.05) is 5.32 Å². The molecule has 0 radical (unpaired) electrons. The Morgan fingerprint density at radius 1 is 1.20 bits per heavy atom. The van der Waals surface area contributed by atoms with E-state index in [2.05, 4.69) is 33.0 Å². The van der Waals surface area contributed by atoms with Crippen molar-refractivity contribution in [3.8, 4) is 0 Å². The van der Waals surface area contributed by atoms with Crippen molar-refractivity contribution >= 4 is 12.0 Å². The molecular weight excluding hydrogens is 186 g/mol. The normalized spacial score (nSPS) is 20.5. The van der Waals surface area contributed by atoms with Crippen molar-refractivity contribution in [3.63, 3.8) is 0 Å². The monoisotopic (exact) mass is 203 g/mol. The highest BCUT2D eigenvalue weighted by Gasteiger charge is 2.45. The predicted octanol–water partition coefficient (Wildman–Crippen LogP) is 2.98. The number of aldehydes is 1. The van der Waals surface area contributed by atoms with E-state index in [0.717, 1.165) is 17.5 Å². The largest absolute Gasteiger partial charge is 0.379 e. The Bertz CT molecular complexity index is 419. The summed E-state index contributed by atoms with van der Waals surface area (Å²) in [6.45, 7) is 8.79. The van der Waals surface area contributed by atoms with Gasteiger partial charge in [-0.25, -0.2) is 0 Å². The van der Waals surface area contributed by atoms with Gasteiger partial charge in [-0.15, -0.1) is 0 Å². The van der Waals surface area contributed by atoms with Crippen LogP contribution in [-0.4, -0.2) is 11.8 Å². The lowest BCUT2D eigenvalue weighted by molar-refractivity contribution is 0.112. The maximum Gasteiger partial charge on any atom is 0.150 e. The minimum Gasteiger partial charge on any atom is -0.379 e. The van der Waals surface area contributed by atoms with Crippen LogP contribution in [0.4, 0.5) is 5.69 Å². The average Bonchev–Trinajstić information content (AvgIpc) is 2.34. The summed E-state index contributed by atoms with van der Waals surface area (Å²) in [5.74, 6) is 0. The van der Waals surface area contributed by atoms with Crippen LogP contribution in [0.3, 0.4) is 0 Å². The van der Waals surface area contributed by atoms with E-state index >= 15 is 0 Å². The number of hydrogen-bond donors (Lipinski definition) is 1. The van der Waals surface area contributed by atoms with E-state index in [4.69, 9.17) is 0 Å². The molecule has 0 spiro atoms. The molecule has 1 aromatic carbocycles. The summed E-state index contributed by atoms with van der Waals surface area (Å²) in [5.41, 5.74) is 3.20. The smallest absolute Gasteiger partial charge is 0.150 e. The van der Waals surface area contributed by atoms with Gasteiger partial charge in [0.2, 0.25) is 0 Å². The van der Waals surface area contributed by atoms with E-state index in [1.807, 2.05) is 18.2 Å². The number of hydrogen-bond acceptors (Lipinski definition) is 2. The van der Waals surface area contributed by atoms with E-state index in [1.54, 1.807) is 0 Å². The molecular formula is C13H17NO. The van der Waals surface area contributed by atoms with E-state index in [-0.39, 0.29) is 11.0 Å². The van der Waals surface area contributed by atoms with E-state index < -0.39 is 0 Å². The first kappa shape index (κ1) is 10.2. The van der Waals surface area contributed by atoms with Crippen molar-refractivity contribution in [2.45, 2.75) is 38.6 Å². The van der Waals surface area contributed by atoms with Crippen LogP contribution in [0.1, 0.15) is 43.6 Å². The number of nitrogens with one attached hydrogen (secondary N) is 1. The van der Waals surface area contributed by atoms with Crippen LogP contribution >= 0.6 is 0 Å². The second-order valence-corrected chi connectivity index (χ2v) is 5.30. The van der Waals surface area contributed by atoms with Crippen molar-refractivity contribution in [1.82, 2.24) is 0 Å². The van der Waals surface area contributed by atoms with E-state index in [9.17, 15) is 4.79 Å². The van der Waals surface area contributed by atoms with Crippen molar-refractivity contribution in [3.05, 3.63) is 29.3 Å². The van der Waals surface area contributed by atoms with Crippen molar-refractivity contribution in [2.24, 2.45) is 0 Å².